The van der Waals surface area contributed by atoms with Crippen LogP contribution in [0.5, 0.6) is 5.75 Å². The number of nitrogens with one attached hydrogen (secondary N) is 1. The van der Waals surface area contributed by atoms with E-state index in [2.05, 4.69) is 9.69 Å². The number of para-hydroxylation sites is 1. The van der Waals surface area contributed by atoms with Gasteiger partial charge in [-0.15, -0.1) is 0 Å². The number of benzene rings is 1. The fraction of sp³-hybridized carbons (Fsp3) is 0.0909. The molecule has 2 aromatic rings. The highest BCUT2D eigenvalue weighted by Crippen LogP contribution is 2.13. The number of rotatable bonds is 2. The molecule has 6 heteroatoms. The minimum atomic E-state index is -0.579. The molecule has 0 aliphatic rings. The lowest BCUT2D eigenvalue weighted by Gasteiger charge is -2.04. The van der Waals surface area contributed by atoms with Crippen molar-refractivity contribution >= 4 is 36.1 Å². The van der Waals surface area contributed by atoms with E-state index in [0.717, 1.165) is 17.1 Å². The average Bonchev–Trinajstić information content (AvgIpc) is 2.62. The van der Waals surface area contributed by atoms with Gasteiger partial charge in [0.25, 0.3) is 0 Å². The Kier molecular flexibility index (Phi) is 3.44. The summed E-state index contributed by atoms with van der Waals surface area (Å²) < 4.78 is 9.64. The maximum absolute atomic E-state index is 11.5. The summed E-state index contributed by atoms with van der Waals surface area (Å²) in [5.41, 5.74) is 0.750. The lowest BCUT2D eigenvalue weighted by atomic mass is 10.0. The summed E-state index contributed by atoms with van der Waals surface area (Å²) in [5, 5.41) is 2.54. The van der Waals surface area contributed by atoms with E-state index in [9.17, 15) is 4.79 Å². The van der Waals surface area contributed by atoms with Crippen LogP contribution in [0.3, 0.4) is 0 Å². The van der Waals surface area contributed by atoms with Crippen LogP contribution >= 0.6 is 11.5 Å². The van der Waals surface area contributed by atoms with Crippen LogP contribution in [0, 0.1) is 6.92 Å². The van der Waals surface area contributed by atoms with E-state index in [1.807, 2.05) is 6.07 Å². The third-order valence-corrected chi connectivity index (χ3v) is 2.91. The van der Waals surface area contributed by atoms with Gasteiger partial charge in [0.05, 0.1) is 0 Å². The Labute approximate surface area is 104 Å². The van der Waals surface area contributed by atoms with Crippen molar-refractivity contribution in [2.75, 3.05) is 5.32 Å². The number of hydrogen-bond donors (Lipinski definition) is 1. The minimum Gasteiger partial charge on any atom is -0.410 e. The highest BCUT2D eigenvalue weighted by atomic mass is 32.1. The van der Waals surface area contributed by atoms with Crippen molar-refractivity contribution in [1.29, 1.82) is 0 Å². The van der Waals surface area contributed by atoms with Crippen molar-refractivity contribution in [3.05, 3.63) is 35.9 Å². The van der Waals surface area contributed by atoms with Crippen molar-refractivity contribution in [2.45, 2.75) is 6.92 Å². The molecule has 1 aromatic heterocycles. The Morgan fingerprint density at radius 3 is 2.71 bits per heavy atom. The Hall–Kier alpha value is -1.82. The zero-order valence-electron chi connectivity index (χ0n) is 9.14. The molecule has 0 spiro atoms. The van der Waals surface area contributed by atoms with E-state index in [-0.39, 0.29) is 0 Å². The molecule has 1 heterocycles. The molecule has 0 unspecified atom stereocenters. The second-order valence-corrected chi connectivity index (χ2v) is 4.15. The molecule has 0 saturated carbocycles. The number of aromatic nitrogens is 1. The number of carbonyl (C=O) groups excluding carboxylic acids is 1. The minimum absolute atomic E-state index is 0.438. The summed E-state index contributed by atoms with van der Waals surface area (Å²) >= 11 is 1.14. The molecule has 84 valence electrons. The fourth-order valence-corrected chi connectivity index (χ4v) is 1.79. The molecule has 1 aromatic carbocycles. The predicted octanol–water partition coefficient (Wildman–Crippen LogP) is 1.86. The number of amides is 1. The maximum Gasteiger partial charge on any atom is 0.418 e. The molecule has 0 saturated heterocycles. The molecule has 0 aliphatic heterocycles. The Morgan fingerprint density at radius 2 is 2.12 bits per heavy atom. The summed E-state index contributed by atoms with van der Waals surface area (Å²) in [6, 6.07) is 8.81. The third-order valence-electron chi connectivity index (χ3n) is 2.13. The smallest absolute Gasteiger partial charge is 0.410 e. The van der Waals surface area contributed by atoms with Crippen molar-refractivity contribution in [3.8, 4) is 5.75 Å². The summed E-state index contributed by atoms with van der Waals surface area (Å²) in [7, 11) is 5.63. The van der Waals surface area contributed by atoms with Gasteiger partial charge < -0.3 is 4.74 Å². The van der Waals surface area contributed by atoms with Crippen molar-refractivity contribution in [3.63, 3.8) is 0 Å². The van der Waals surface area contributed by atoms with Gasteiger partial charge in [-0.3, -0.25) is 5.32 Å². The van der Waals surface area contributed by atoms with Crippen LogP contribution < -0.4 is 14.8 Å². The number of ether oxygens (including phenoxy) is 1. The summed E-state index contributed by atoms with van der Waals surface area (Å²) in [6.07, 6.45) is -0.579. The quantitative estimate of drug-likeness (QED) is 0.820. The molecule has 4 nitrogen and oxygen atoms in total. The van der Waals surface area contributed by atoms with Gasteiger partial charge in [0.1, 0.15) is 13.6 Å². The maximum atomic E-state index is 11.5. The molecular weight excluding hydrogens is 235 g/mol. The number of anilines is 1. The normalized spacial score (nSPS) is 9.94. The van der Waals surface area contributed by atoms with E-state index < -0.39 is 6.09 Å². The second-order valence-electron chi connectivity index (χ2n) is 3.35. The van der Waals surface area contributed by atoms with Crippen LogP contribution in [-0.4, -0.2) is 18.3 Å². The van der Waals surface area contributed by atoms with Crippen molar-refractivity contribution in [1.82, 2.24) is 4.37 Å². The van der Waals surface area contributed by atoms with Crippen LogP contribution in [-0.2, 0) is 0 Å². The van der Waals surface area contributed by atoms with Crippen LogP contribution in [0.25, 0.3) is 0 Å². The largest absolute Gasteiger partial charge is 0.418 e. The zero-order valence-corrected chi connectivity index (χ0v) is 9.95. The molecule has 17 heavy (non-hydrogen) atoms. The Morgan fingerprint density at radius 1 is 1.41 bits per heavy atom. The molecule has 1 amide bonds. The van der Waals surface area contributed by atoms with E-state index in [1.54, 1.807) is 31.2 Å². The van der Waals surface area contributed by atoms with E-state index in [4.69, 9.17) is 12.6 Å². The van der Waals surface area contributed by atoms with E-state index in [0.29, 0.717) is 16.3 Å². The topological polar surface area (TPSA) is 51.2 Å². The first-order valence-electron chi connectivity index (χ1n) is 4.92. The highest BCUT2D eigenvalue weighted by Gasteiger charge is 2.10. The lowest BCUT2D eigenvalue weighted by Crippen LogP contribution is -2.18. The number of nitrogens with zero attached hydrogens (tertiary/aromatic N) is 1. The third kappa shape index (κ3) is 2.85. The van der Waals surface area contributed by atoms with Gasteiger partial charge in [0.15, 0.2) is 5.82 Å². The average molecular weight is 244 g/mol. The molecule has 2 rings (SSSR count). The fourth-order valence-electron chi connectivity index (χ4n) is 1.18. The van der Waals surface area contributed by atoms with Gasteiger partial charge in [0.2, 0.25) is 0 Å². The van der Waals surface area contributed by atoms with Gasteiger partial charge >= 0.3 is 6.09 Å². The number of hydrogen-bond acceptors (Lipinski definition) is 4. The predicted molar refractivity (Wildman–Crippen MR) is 68.3 cm³/mol. The zero-order chi connectivity index (χ0) is 12.3. The number of carbonyl (C=O) groups is 1. The van der Waals surface area contributed by atoms with Crippen molar-refractivity contribution in [2.24, 2.45) is 0 Å². The SMILES string of the molecule is [B]c1snc(NC(=O)Oc2ccccc2)c1C. The van der Waals surface area contributed by atoms with Gasteiger partial charge in [-0.1, -0.05) is 29.7 Å². The molecule has 0 bridgehead atoms. The standard InChI is InChI=1S/C11H9BN2O2S/c1-7-9(12)17-14-10(7)13-11(15)16-8-5-3-2-4-6-8/h2-6H,1H3,(H,13,14,15). The Balaban J connectivity index is 2.01. The lowest BCUT2D eigenvalue weighted by molar-refractivity contribution is 0.215. The van der Waals surface area contributed by atoms with Crippen LogP contribution in [0.1, 0.15) is 5.56 Å². The summed E-state index contributed by atoms with van der Waals surface area (Å²) in [5.74, 6) is 0.916. The molecule has 0 fully saturated rings. The van der Waals surface area contributed by atoms with E-state index >= 15 is 0 Å². The van der Waals surface area contributed by atoms with Gasteiger partial charge in [-0.2, -0.15) is 4.37 Å². The highest BCUT2D eigenvalue weighted by molar-refractivity contribution is 7.15. The van der Waals surface area contributed by atoms with Crippen LogP contribution in [0.4, 0.5) is 10.6 Å². The molecule has 1 N–H and O–H groups in total. The first kappa shape index (κ1) is 11.7. The molecule has 0 atom stereocenters. The summed E-state index contributed by atoms with van der Waals surface area (Å²) in [6.45, 7) is 1.79. The summed E-state index contributed by atoms with van der Waals surface area (Å²) in [4.78, 5) is 11.5. The molecular formula is C11H9BN2O2S. The van der Waals surface area contributed by atoms with Crippen LogP contribution in [0.15, 0.2) is 30.3 Å². The first-order chi connectivity index (χ1) is 8.16. The molecule has 0 aliphatic carbocycles. The second kappa shape index (κ2) is 5.01. The Bertz CT molecular complexity index is 528. The van der Waals surface area contributed by atoms with Gasteiger partial charge in [-0.25, -0.2) is 4.79 Å². The van der Waals surface area contributed by atoms with Crippen molar-refractivity contribution < 1.29 is 9.53 Å². The van der Waals surface area contributed by atoms with Crippen LogP contribution in [0.2, 0.25) is 0 Å². The van der Waals surface area contributed by atoms with E-state index in [1.165, 1.54) is 0 Å². The van der Waals surface area contributed by atoms with Gasteiger partial charge in [0, 0.05) is 0 Å². The molecule has 2 radical (unpaired) electrons. The first-order valence-corrected chi connectivity index (χ1v) is 5.70. The monoisotopic (exact) mass is 244 g/mol. The van der Waals surface area contributed by atoms with Gasteiger partial charge in [-0.05, 0) is 29.4 Å².